The van der Waals surface area contributed by atoms with E-state index in [-0.39, 0.29) is 34.6 Å². The Hall–Kier alpha value is -4.79. The second-order valence-corrected chi connectivity index (χ2v) is 7.64. The van der Waals surface area contributed by atoms with E-state index in [0.717, 1.165) is 0 Å². The van der Waals surface area contributed by atoms with Gasteiger partial charge in [-0.15, -0.1) is 16.4 Å². The monoisotopic (exact) mass is 498 g/mol. The quantitative estimate of drug-likeness (QED) is 0.156. The van der Waals surface area contributed by atoms with Gasteiger partial charge in [0, 0.05) is 12.5 Å². The Bertz CT molecular complexity index is 1370. The summed E-state index contributed by atoms with van der Waals surface area (Å²) in [4.78, 5) is 25.0. The first-order valence-corrected chi connectivity index (χ1v) is 10.7. The molecule has 4 rings (SSSR count). The molecule has 0 unspecified atom stereocenters. The van der Waals surface area contributed by atoms with Gasteiger partial charge in [-0.2, -0.15) is 9.78 Å². The molecular formula is C20H18N8O6S. The molecule has 1 amide bonds. The molecule has 3 heterocycles. The van der Waals surface area contributed by atoms with E-state index in [1.807, 2.05) is 11.4 Å². The van der Waals surface area contributed by atoms with Crippen molar-refractivity contribution in [1.82, 2.24) is 30.7 Å². The predicted octanol–water partition coefficient (Wildman–Crippen LogP) is 1.67. The van der Waals surface area contributed by atoms with Crippen molar-refractivity contribution in [2.24, 2.45) is 5.10 Å². The number of nitrogens with two attached hydrogens (primary N) is 1. The summed E-state index contributed by atoms with van der Waals surface area (Å²) in [5.74, 6) is -0.478. The molecule has 0 saturated heterocycles. The highest BCUT2D eigenvalue weighted by atomic mass is 32.1. The van der Waals surface area contributed by atoms with Gasteiger partial charge in [-0.3, -0.25) is 9.59 Å². The molecule has 4 aromatic rings. The number of aromatic nitrogens is 5. The number of amides is 1. The minimum Gasteiger partial charge on any atom is -0.493 e. The van der Waals surface area contributed by atoms with Gasteiger partial charge in [0.2, 0.25) is 17.4 Å². The van der Waals surface area contributed by atoms with Crippen molar-refractivity contribution in [2.75, 3.05) is 20.0 Å². The number of carbonyl (C=O) groups excluding carboxylic acids is 2. The molecule has 0 aliphatic heterocycles. The summed E-state index contributed by atoms with van der Waals surface area (Å²) < 4.78 is 21.6. The minimum absolute atomic E-state index is 0.0159. The Labute approximate surface area is 201 Å². The van der Waals surface area contributed by atoms with E-state index in [4.69, 9.17) is 19.9 Å². The number of thiophene rings is 1. The number of nitrogens with one attached hydrogen (secondary N) is 1. The van der Waals surface area contributed by atoms with Crippen LogP contribution in [-0.2, 0) is 4.79 Å². The zero-order valence-electron chi connectivity index (χ0n) is 18.6. The van der Waals surface area contributed by atoms with Gasteiger partial charge in [-0.1, -0.05) is 11.3 Å². The van der Waals surface area contributed by atoms with Crippen LogP contribution in [0.25, 0.3) is 16.4 Å². The van der Waals surface area contributed by atoms with Gasteiger partial charge < -0.3 is 19.9 Å². The lowest BCUT2D eigenvalue weighted by Gasteiger charge is -2.13. The second kappa shape index (κ2) is 10.0. The van der Waals surface area contributed by atoms with Crippen LogP contribution >= 0.6 is 11.3 Å². The number of hydrazone groups is 1. The number of carbonyl (C=O) groups is 2. The fraction of sp³-hybridized carbons (Fsp3) is 0.150. The van der Waals surface area contributed by atoms with Gasteiger partial charge >= 0.3 is 5.97 Å². The van der Waals surface area contributed by atoms with Crippen molar-refractivity contribution in [1.29, 1.82) is 0 Å². The first kappa shape index (κ1) is 23.4. The maximum Gasteiger partial charge on any atom is 0.308 e. The average molecular weight is 498 g/mol. The normalized spacial score (nSPS) is 10.9. The molecule has 0 aliphatic rings. The van der Waals surface area contributed by atoms with Crippen molar-refractivity contribution < 1.29 is 28.4 Å². The summed E-state index contributed by atoms with van der Waals surface area (Å²) in [7, 11) is 2.83. The molecule has 0 aliphatic carbocycles. The first-order valence-electron chi connectivity index (χ1n) is 9.78. The number of esters is 1. The van der Waals surface area contributed by atoms with Crippen LogP contribution in [0.4, 0.5) is 5.82 Å². The highest BCUT2D eigenvalue weighted by Gasteiger charge is 2.25. The molecule has 0 bridgehead atoms. The molecule has 0 fully saturated rings. The molecule has 180 valence electrons. The molecule has 14 nitrogen and oxygen atoms in total. The SMILES string of the molecule is COc1cc(C=NNC(=O)c2nnn(-c3nonc3N)c2-c2cccs2)cc(OC)c1OC(C)=O. The van der Waals surface area contributed by atoms with Crippen molar-refractivity contribution in [3.8, 4) is 33.6 Å². The van der Waals surface area contributed by atoms with Crippen LogP contribution in [0.15, 0.2) is 39.4 Å². The molecule has 35 heavy (non-hydrogen) atoms. The molecule has 0 radical (unpaired) electrons. The highest BCUT2D eigenvalue weighted by Crippen LogP contribution is 2.38. The Morgan fingerprint density at radius 1 is 1.23 bits per heavy atom. The van der Waals surface area contributed by atoms with E-state index in [0.29, 0.717) is 16.1 Å². The average Bonchev–Trinajstić information content (AvgIpc) is 3.59. The number of nitrogens with zero attached hydrogens (tertiary/aromatic N) is 6. The van der Waals surface area contributed by atoms with Crippen LogP contribution in [0, 0.1) is 0 Å². The molecule has 3 aromatic heterocycles. The van der Waals surface area contributed by atoms with Crippen molar-refractivity contribution in [2.45, 2.75) is 6.92 Å². The molecule has 0 atom stereocenters. The maximum absolute atomic E-state index is 12.9. The molecule has 3 N–H and O–H groups in total. The minimum atomic E-state index is -0.638. The Morgan fingerprint density at radius 2 is 1.97 bits per heavy atom. The number of nitrogen functional groups attached to an aromatic ring is 1. The third-order valence-corrected chi connectivity index (χ3v) is 5.32. The van der Waals surface area contributed by atoms with Crippen LogP contribution in [0.3, 0.4) is 0 Å². The summed E-state index contributed by atoms with van der Waals surface area (Å²) in [6.07, 6.45) is 1.36. The van der Waals surface area contributed by atoms with E-state index in [2.05, 4.69) is 35.8 Å². The lowest BCUT2D eigenvalue weighted by Crippen LogP contribution is -2.19. The zero-order valence-corrected chi connectivity index (χ0v) is 19.4. The summed E-state index contributed by atoms with van der Waals surface area (Å²) in [5, 5.41) is 21.0. The van der Waals surface area contributed by atoms with Gasteiger partial charge in [-0.25, -0.2) is 10.1 Å². The van der Waals surface area contributed by atoms with Crippen LogP contribution < -0.4 is 25.4 Å². The smallest absolute Gasteiger partial charge is 0.308 e. The van der Waals surface area contributed by atoms with Crippen molar-refractivity contribution in [3.05, 3.63) is 40.9 Å². The zero-order chi connectivity index (χ0) is 24.9. The fourth-order valence-corrected chi connectivity index (χ4v) is 3.75. The lowest BCUT2D eigenvalue weighted by molar-refractivity contribution is -0.132. The highest BCUT2D eigenvalue weighted by molar-refractivity contribution is 7.13. The largest absolute Gasteiger partial charge is 0.493 e. The third kappa shape index (κ3) is 4.79. The van der Waals surface area contributed by atoms with Gasteiger partial charge in [0.05, 0.1) is 25.3 Å². The fourth-order valence-electron chi connectivity index (χ4n) is 2.99. The van der Waals surface area contributed by atoms with Crippen LogP contribution in [0.5, 0.6) is 17.2 Å². The maximum atomic E-state index is 12.9. The molecular weight excluding hydrogens is 480 g/mol. The van der Waals surface area contributed by atoms with Crippen LogP contribution in [-0.4, -0.2) is 57.6 Å². The number of hydrogen-bond acceptors (Lipinski definition) is 13. The van der Waals surface area contributed by atoms with E-state index in [9.17, 15) is 9.59 Å². The van der Waals surface area contributed by atoms with Crippen LogP contribution in [0.1, 0.15) is 23.0 Å². The van der Waals surface area contributed by atoms with Gasteiger partial charge in [-0.05, 0) is 33.9 Å². The predicted molar refractivity (Wildman–Crippen MR) is 123 cm³/mol. The number of benzene rings is 1. The van der Waals surface area contributed by atoms with E-state index >= 15 is 0 Å². The third-order valence-electron chi connectivity index (χ3n) is 4.44. The molecule has 0 saturated carbocycles. The van der Waals surface area contributed by atoms with E-state index in [1.54, 1.807) is 18.2 Å². The van der Waals surface area contributed by atoms with E-state index in [1.165, 1.54) is 43.4 Å². The summed E-state index contributed by atoms with van der Waals surface area (Å²) in [5.41, 5.74) is 9.01. The van der Waals surface area contributed by atoms with Gasteiger partial charge in [0.15, 0.2) is 17.2 Å². The number of methoxy groups -OCH3 is 2. The summed E-state index contributed by atoms with van der Waals surface area (Å²) in [6.45, 7) is 1.26. The molecule has 1 aromatic carbocycles. The number of hydrogen-bond donors (Lipinski definition) is 2. The first-order chi connectivity index (χ1) is 16.9. The number of anilines is 1. The lowest BCUT2D eigenvalue weighted by atomic mass is 10.2. The summed E-state index contributed by atoms with van der Waals surface area (Å²) >= 11 is 1.36. The Balaban J connectivity index is 1.61. The summed E-state index contributed by atoms with van der Waals surface area (Å²) in [6, 6.07) is 6.71. The molecule has 15 heteroatoms. The topological polar surface area (TPSA) is 182 Å². The van der Waals surface area contributed by atoms with Crippen LogP contribution in [0.2, 0.25) is 0 Å². The van der Waals surface area contributed by atoms with Gasteiger partial charge in [0.1, 0.15) is 5.69 Å². The van der Waals surface area contributed by atoms with Gasteiger partial charge in [0.25, 0.3) is 5.91 Å². The Kier molecular flexibility index (Phi) is 6.68. The Morgan fingerprint density at radius 3 is 2.54 bits per heavy atom. The number of rotatable bonds is 8. The molecule has 0 spiro atoms. The standard InChI is InChI=1S/C20H18N8O6S/c1-10(29)33-17-12(31-2)7-11(8-13(17)32-3)9-22-24-20(30)15-16(14-5-4-6-35-14)28(27-23-15)19-18(21)25-34-26-19/h4-9H,1-3H3,(H2,21,25)(H,24,30). The van der Waals surface area contributed by atoms with Crippen molar-refractivity contribution >= 4 is 35.2 Å². The van der Waals surface area contributed by atoms with Crippen molar-refractivity contribution in [3.63, 3.8) is 0 Å². The number of ether oxygens (including phenoxy) is 3. The van der Waals surface area contributed by atoms with E-state index < -0.39 is 11.9 Å². The second-order valence-electron chi connectivity index (χ2n) is 6.70.